The zero-order valence-electron chi connectivity index (χ0n) is 15.2. The molecule has 27 heavy (non-hydrogen) atoms. The Hall–Kier alpha value is -3.18. The summed E-state index contributed by atoms with van der Waals surface area (Å²) in [6, 6.07) is 19.2. The minimum atomic E-state index is 0.359. The molecule has 0 radical (unpaired) electrons. The van der Waals surface area contributed by atoms with E-state index in [1.165, 1.54) is 27.6 Å². The number of benzene rings is 2. The lowest BCUT2D eigenvalue weighted by atomic mass is 9.83. The highest BCUT2D eigenvalue weighted by atomic mass is 15.1. The van der Waals surface area contributed by atoms with Gasteiger partial charge in [0.25, 0.3) is 0 Å². The minimum Gasteiger partial charge on any atom is -0.382 e. The molecule has 0 fully saturated rings. The SMILES string of the molecule is CN1Cc2cc(-c3ccc(N)nn3)ccc2C(c2ccc3cc[nH]c3c2)C1. The van der Waals surface area contributed by atoms with Crippen LogP contribution in [0.5, 0.6) is 0 Å². The first-order valence-corrected chi connectivity index (χ1v) is 9.15. The summed E-state index contributed by atoms with van der Waals surface area (Å²) < 4.78 is 0. The van der Waals surface area contributed by atoms with Gasteiger partial charge in [-0.15, -0.1) is 10.2 Å². The van der Waals surface area contributed by atoms with Gasteiger partial charge in [-0.1, -0.05) is 24.3 Å². The lowest BCUT2D eigenvalue weighted by molar-refractivity contribution is 0.295. The summed E-state index contributed by atoms with van der Waals surface area (Å²) in [5.41, 5.74) is 12.9. The number of nitrogen functional groups attached to an aromatic ring is 1. The highest BCUT2D eigenvalue weighted by molar-refractivity contribution is 5.80. The normalized spacial score (nSPS) is 17.1. The number of aromatic nitrogens is 3. The number of nitrogens with one attached hydrogen (secondary N) is 1. The first-order chi connectivity index (χ1) is 13.2. The quantitative estimate of drug-likeness (QED) is 0.574. The highest BCUT2D eigenvalue weighted by Crippen LogP contribution is 2.36. The molecule has 1 aliphatic heterocycles. The Morgan fingerprint density at radius 2 is 1.96 bits per heavy atom. The summed E-state index contributed by atoms with van der Waals surface area (Å²) in [7, 11) is 2.18. The summed E-state index contributed by atoms with van der Waals surface area (Å²) in [5, 5.41) is 9.46. The summed E-state index contributed by atoms with van der Waals surface area (Å²) in [4.78, 5) is 5.71. The van der Waals surface area contributed by atoms with Crippen molar-refractivity contribution in [3.05, 3.63) is 77.5 Å². The lowest BCUT2D eigenvalue weighted by Crippen LogP contribution is -2.31. The number of likely N-dealkylation sites (N-methyl/N-ethyl adjacent to an activating group) is 1. The Balaban J connectivity index is 1.57. The zero-order valence-corrected chi connectivity index (χ0v) is 15.2. The van der Waals surface area contributed by atoms with Crippen LogP contribution in [-0.4, -0.2) is 33.7 Å². The molecule has 5 rings (SSSR count). The Morgan fingerprint density at radius 1 is 1.04 bits per heavy atom. The fourth-order valence-electron chi connectivity index (χ4n) is 4.07. The van der Waals surface area contributed by atoms with Gasteiger partial charge in [0.2, 0.25) is 0 Å². The topological polar surface area (TPSA) is 70.8 Å². The van der Waals surface area contributed by atoms with Crippen molar-refractivity contribution in [2.45, 2.75) is 12.5 Å². The number of fused-ring (bicyclic) bond motifs is 2. The standard InChI is InChI=1S/C22H21N5/c1-27-12-17-10-16(20-6-7-22(23)26-25-20)4-5-18(17)19(13-27)15-3-2-14-8-9-24-21(14)11-15/h2-11,19,24H,12-13H2,1H3,(H2,23,26). The van der Waals surface area contributed by atoms with E-state index >= 15 is 0 Å². The lowest BCUT2D eigenvalue weighted by Gasteiger charge is -2.33. The fraction of sp³-hybridized carbons (Fsp3) is 0.182. The van der Waals surface area contributed by atoms with Crippen LogP contribution < -0.4 is 5.73 Å². The van der Waals surface area contributed by atoms with Crippen molar-refractivity contribution in [2.75, 3.05) is 19.3 Å². The van der Waals surface area contributed by atoms with Crippen molar-refractivity contribution in [3.8, 4) is 11.3 Å². The molecule has 5 nitrogen and oxygen atoms in total. The third-order valence-corrected chi connectivity index (χ3v) is 5.42. The molecule has 0 saturated carbocycles. The molecule has 1 unspecified atom stereocenters. The number of H-pyrrole nitrogens is 1. The van der Waals surface area contributed by atoms with Crippen LogP contribution in [0.3, 0.4) is 0 Å². The Bertz CT molecular complexity index is 1110. The van der Waals surface area contributed by atoms with Crippen LogP contribution in [-0.2, 0) is 6.54 Å². The van der Waals surface area contributed by atoms with Crippen LogP contribution in [0, 0.1) is 0 Å². The smallest absolute Gasteiger partial charge is 0.146 e. The van der Waals surface area contributed by atoms with Crippen molar-refractivity contribution < 1.29 is 0 Å². The maximum Gasteiger partial charge on any atom is 0.146 e. The predicted molar refractivity (Wildman–Crippen MR) is 108 cm³/mol. The van der Waals surface area contributed by atoms with Gasteiger partial charge in [0.15, 0.2) is 0 Å². The molecular weight excluding hydrogens is 334 g/mol. The second kappa shape index (κ2) is 6.21. The van der Waals surface area contributed by atoms with E-state index in [9.17, 15) is 0 Å². The molecule has 2 aromatic heterocycles. The summed E-state index contributed by atoms with van der Waals surface area (Å²) in [6.45, 7) is 1.95. The van der Waals surface area contributed by atoms with E-state index in [-0.39, 0.29) is 0 Å². The number of nitrogens with two attached hydrogens (primary N) is 1. The summed E-state index contributed by atoms with van der Waals surface area (Å²) in [5.74, 6) is 0.800. The zero-order chi connectivity index (χ0) is 18.4. The number of hydrogen-bond acceptors (Lipinski definition) is 4. The van der Waals surface area contributed by atoms with Gasteiger partial charge in [-0.3, -0.25) is 0 Å². The van der Waals surface area contributed by atoms with E-state index in [2.05, 4.69) is 69.6 Å². The molecular formula is C22H21N5. The van der Waals surface area contributed by atoms with E-state index in [1.54, 1.807) is 6.07 Å². The molecule has 3 heterocycles. The molecule has 0 spiro atoms. The average Bonchev–Trinajstić information content (AvgIpc) is 3.15. The monoisotopic (exact) mass is 355 g/mol. The molecule has 0 bridgehead atoms. The van der Waals surface area contributed by atoms with Crippen LogP contribution in [0.15, 0.2) is 60.8 Å². The number of nitrogens with zero attached hydrogens (tertiary/aromatic N) is 3. The molecule has 1 aliphatic rings. The van der Waals surface area contributed by atoms with Crippen molar-refractivity contribution in [2.24, 2.45) is 0 Å². The van der Waals surface area contributed by atoms with Crippen LogP contribution in [0.4, 0.5) is 5.82 Å². The molecule has 0 aliphatic carbocycles. The molecule has 4 aromatic rings. The van der Waals surface area contributed by atoms with E-state index < -0.39 is 0 Å². The predicted octanol–water partition coefficient (Wildman–Crippen LogP) is 3.78. The first-order valence-electron chi connectivity index (χ1n) is 9.15. The molecule has 0 saturated heterocycles. The maximum atomic E-state index is 5.67. The largest absolute Gasteiger partial charge is 0.382 e. The first kappa shape index (κ1) is 16.0. The van der Waals surface area contributed by atoms with E-state index in [4.69, 9.17) is 5.73 Å². The molecule has 2 aromatic carbocycles. The Morgan fingerprint density at radius 3 is 2.81 bits per heavy atom. The van der Waals surface area contributed by atoms with Crippen molar-refractivity contribution >= 4 is 16.7 Å². The Labute approximate surface area is 157 Å². The van der Waals surface area contributed by atoms with Gasteiger partial charge in [-0.25, -0.2) is 0 Å². The van der Waals surface area contributed by atoms with Gasteiger partial charge in [0.1, 0.15) is 5.82 Å². The fourth-order valence-corrected chi connectivity index (χ4v) is 4.07. The summed E-state index contributed by atoms with van der Waals surface area (Å²) >= 11 is 0. The van der Waals surface area contributed by atoms with E-state index in [0.29, 0.717) is 11.7 Å². The molecule has 3 N–H and O–H groups in total. The van der Waals surface area contributed by atoms with Gasteiger partial charge >= 0.3 is 0 Å². The Kier molecular flexibility index (Phi) is 3.69. The van der Waals surface area contributed by atoms with Crippen molar-refractivity contribution in [3.63, 3.8) is 0 Å². The second-order valence-corrected chi connectivity index (χ2v) is 7.33. The minimum absolute atomic E-state index is 0.359. The number of aromatic amines is 1. The van der Waals surface area contributed by atoms with E-state index in [0.717, 1.165) is 24.3 Å². The number of hydrogen-bond donors (Lipinski definition) is 2. The van der Waals surface area contributed by atoms with Gasteiger partial charge in [-0.2, -0.15) is 0 Å². The molecule has 134 valence electrons. The summed E-state index contributed by atoms with van der Waals surface area (Å²) in [6.07, 6.45) is 2.00. The maximum absolute atomic E-state index is 5.67. The van der Waals surface area contributed by atoms with Gasteiger partial charge in [0.05, 0.1) is 5.69 Å². The third kappa shape index (κ3) is 2.86. The number of anilines is 1. The third-order valence-electron chi connectivity index (χ3n) is 5.42. The van der Waals surface area contributed by atoms with E-state index in [1.807, 2.05) is 12.3 Å². The van der Waals surface area contributed by atoms with Crippen molar-refractivity contribution in [1.82, 2.24) is 20.1 Å². The highest BCUT2D eigenvalue weighted by Gasteiger charge is 2.25. The van der Waals surface area contributed by atoms with Crippen LogP contribution in [0.1, 0.15) is 22.6 Å². The molecule has 1 atom stereocenters. The van der Waals surface area contributed by atoms with Crippen molar-refractivity contribution in [1.29, 1.82) is 0 Å². The number of rotatable bonds is 2. The van der Waals surface area contributed by atoms with Crippen LogP contribution >= 0.6 is 0 Å². The second-order valence-electron chi connectivity index (χ2n) is 7.33. The average molecular weight is 355 g/mol. The molecule has 0 amide bonds. The van der Waals surface area contributed by atoms with Gasteiger partial charge in [-0.05, 0) is 59.5 Å². The van der Waals surface area contributed by atoms with Gasteiger partial charge < -0.3 is 15.6 Å². The molecule has 5 heteroatoms. The van der Waals surface area contributed by atoms with Crippen LogP contribution in [0.2, 0.25) is 0 Å². The van der Waals surface area contributed by atoms with Gasteiger partial charge in [0, 0.05) is 36.3 Å². The van der Waals surface area contributed by atoms with Crippen LogP contribution in [0.25, 0.3) is 22.2 Å².